The second-order valence-electron chi connectivity index (χ2n) is 7.59. The van der Waals surface area contributed by atoms with E-state index in [0.717, 1.165) is 44.0 Å². The number of hydrogen-bond donors (Lipinski definition) is 0. The van der Waals surface area contributed by atoms with Crippen molar-refractivity contribution in [2.75, 3.05) is 32.7 Å². The van der Waals surface area contributed by atoms with Crippen LogP contribution in [-0.2, 0) is 4.79 Å². The molecule has 0 unspecified atom stereocenters. The molecule has 4 nitrogen and oxygen atoms in total. The smallest absolute Gasteiger partial charge is 0.105 e. The van der Waals surface area contributed by atoms with Crippen molar-refractivity contribution in [1.29, 1.82) is 0 Å². The van der Waals surface area contributed by atoms with Crippen LogP contribution in [0.2, 0.25) is 5.02 Å². The molecule has 0 spiro atoms. The van der Waals surface area contributed by atoms with Crippen LogP contribution >= 0.6 is 23.4 Å². The quantitative estimate of drug-likeness (QED) is 0.584. The van der Waals surface area contributed by atoms with E-state index in [4.69, 9.17) is 11.6 Å². The first kappa shape index (κ1) is 18.9. The molecule has 1 saturated heterocycles. The molecular formula is C23H21ClN3OS-. The first-order valence-electron chi connectivity index (χ1n) is 9.93. The number of aliphatic imine (C=N–C) groups is 1. The summed E-state index contributed by atoms with van der Waals surface area (Å²) < 4.78 is 0. The molecule has 2 aromatic carbocycles. The van der Waals surface area contributed by atoms with Crippen LogP contribution in [0.4, 0.5) is 0 Å². The lowest BCUT2D eigenvalue weighted by molar-refractivity contribution is -0.117. The van der Waals surface area contributed by atoms with Gasteiger partial charge in [0.2, 0.25) is 0 Å². The lowest BCUT2D eigenvalue weighted by Gasteiger charge is -2.33. The molecule has 148 valence electrons. The summed E-state index contributed by atoms with van der Waals surface area (Å²) in [6, 6.07) is 14.9. The van der Waals surface area contributed by atoms with Crippen LogP contribution in [0.25, 0.3) is 5.57 Å². The van der Waals surface area contributed by atoms with Crippen LogP contribution in [-0.4, -0.2) is 54.8 Å². The lowest BCUT2D eigenvalue weighted by Crippen LogP contribution is -2.38. The average Bonchev–Trinajstić information content (AvgIpc) is 3.16. The van der Waals surface area contributed by atoms with Crippen LogP contribution in [0.1, 0.15) is 24.0 Å². The molecular weight excluding hydrogens is 402 g/mol. The zero-order chi connectivity index (χ0) is 19.8. The monoisotopic (exact) mass is 422 g/mol. The van der Waals surface area contributed by atoms with Gasteiger partial charge in [0.15, 0.2) is 0 Å². The van der Waals surface area contributed by atoms with Gasteiger partial charge < -0.3 is 19.6 Å². The molecule has 1 fully saturated rings. The summed E-state index contributed by atoms with van der Waals surface area (Å²) >= 11 is 8.19. The van der Waals surface area contributed by atoms with E-state index in [1.54, 1.807) is 0 Å². The minimum atomic E-state index is -0.0955. The highest BCUT2D eigenvalue weighted by molar-refractivity contribution is 7.99. The van der Waals surface area contributed by atoms with Crippen molar-refractivity contribution in [3.63, 3.8) is 0 Å². The fourth-order valence-electron chi connectivity index (χ4n) is 4.24. The van der Waals surface area contributed by atoms with E-state index in [0.29, 0.717) is 6.54 Å². The van der Waals surface area contributed by atoms with Gasteiger partial charge in [-0.3, -0.25) is 0 Å². The molecule has 0 N–H and O–H groups in total. The van der Waals surface area contributed by atoms with Crippen molar-refractivity contribution in [3.05, 3.63) is 64.2 Å². The third-order valence-electron chi connectivity index (χ3n) is 5.73. The molecule has 6 heteroatoms. The number of carbonyl (C=O) groups excluding carboxylic acids is 1. The van der Waals surface area contributed by atoms with E-state index in [1.807, 2.05) is 22.7 Å². The number of nitrogens with zero attached hydrogens (tertiary/aromatic N) is 3. The number of halogens is 1. The highest BCUT2D eigenvalue weighted by Gasteiger charge is 2.26. The van der Waals surface area contributed by atoms with E-state index in [-0.39, 0.29) is 5.91 Å². The highest BCUT2D eigenvalue weighted by atomic mass is 35.5. The Labute approximate surface area is 180 Å². The Bertz CT molecular complexity index is 1020. The number of carbonyl (C=O) groups is 1. The zero-order valence-electron chi connectivity index (χ0n) is 16.0. The minimum absolute atomic E-state index is 0.0955. The fraction of sp³-hybridized carbons (Fsp3) is 0.304. The number of piperidine rings is 1. The van der Waals surface area contributed by atoms with Gasteiger partial charge in [0.05, 0.1) is 0 Å². The molecule has 0 radical (unpaired) electrons. The molecule has 5 rings (SSSR count). The number of fused-ring (bicyclic) bond motifs is 2. The first-order valence-corrected chi connectivity index (χ1v) is 11.1. The van der Waals surface area contributed by atoms with Crippen molar-refractivity contribution in [1.82, 2.24) is 9.80 Å². The molecule has 3 heterocycles. The summed E-state index contributed by atoms with van der Waals surface area (Å²) in [7, 11) is 0. The summed E-state index contributed by atoms with van der Waals surface area (Å²) in [5.74, 6) is -0.0955. The van der Waals surface area contributed by atoms with E-state index >= 15 is 0 Å². The average molecular weight is 423 g/mol. The summed E-state index contributed by atoms with van der Waals surface area (Å²) in [6.45, 7) is 4.17. The Morgan fingerprint density at radius 3 is 2.62 bits per heavy atom. The van der Waals surface area contributed by atoms with Crippen molar-refractivity contribution in [3.8, 4) is 0 Å². The Morgan fingerprint density at radius 1 is 1.03 bits per heavy atom. The second-order valence-corrected chi connectivity index (χ2v) is 9.11. The molecule has 0 aliphatic carbocycles. The maximum atomic E-state index is 11.2. The molecule has 3 aliphatic heterocycles. The molecule has 0 saturated carbocycles. The van der Waals surface area contributed by atoms with Gasteiger partial charge in [-0.1, -0.05) is 53.5 Å². The van der Waals surface area contributed by atoms with Crippen LogP contribution in [0.3, 0.4) is 0 Å². The number of rotatable bonds is 3. The largest absolute Gasteiger partial charge is 0.451 e. The number of likely N-dealkylation sites (tertiary alicyclic amines) is 1. The Hall–Kier alpha value is -2.08. The molecule has 29 heavy (non-hydrogen) atoms. The molecule has 0 bridgehead atoms. The predicted octanol–water partition coefficient (Wildman–Crippen LogP) is 4.45. The molecule has 3 aliphatic rings. The van der Waals surface area contributed by atoms with E-state index in [9.17, 15) is 4.79 Å². The van der Waals surface area contributed by atoms with Gasteiger partial charge in [-0.25, -0.2) is 0 Å². The summed E-state index contributed by atoms with van der Waals surface area (Å²) in [5.41, 5.74) is 5.49. The maximum absolute atomic E-state index is 11.2. The first-order chi connectivity index (χ1) is 14.2. The number of benzene rings is 2. The van der Waals surface area contributed by atoms with Crippen LogP contribution in [0, 0.1) is 0 Å². The maximum Gasteiger partial charge on any atom is 0.105 e. The van der Waals surface area contributed by atoms with Gasteiger partial charge in [-0.05, 0) is 53.8 Å². The standard InChI is InChI=1S/C23H21ClN3OS/c24-17-5-6-21-19(13-17)23(18-3-1-2-4-20(18)29-21)16-7-9-26(10-8-16)11-12-27-14-22(28)25-15-27/h1-6,13H,7-12,14H2/q-1. The minimum Gasteiger partial charge on any atom is -0.451 e. The summed E-state index contributed by atoms with van der Waals surface area (Å²) in [5, 5.41) is 0.789. The molecule has 0 atom stereocenters. The highest BCUT2D eigenvalue weighted by Crippen LogP contribution is 2.48. The van der Waals surface area contributed by atoms with E-state index < -0.39 is 0 Å². The van der Waals surface area contributed by atoms with Crippen molar-refractivity contribution in [2.24, 2.45) is 4.99 Å². The van der Waals surface area contributed by atoms with Crippen LogP contribution in [0.5, 0.6) is 0 Å². The normalized spacial score (nSPS) is 18.9. The van der Waals surface area contributed by atoms with Crippen LogP contribution in [0.15, 0.2) is 62.8 Å². The van der Waals surface area contributed by atoms with Crippen molar-refractivity contribution in [2.45, 2.75) is 22.6 Å². The SMILES string of the molecule is O=C1CN(CCN2CCC(=C3c4ccccc4Sc4ccc(Cl)cc43)CC2)[C-]=N1. The Balaban J connectivity index is 1.37. The van der Waals surface area contributed by atoms with Gasteiger partial charge in [-0.15, -0.1) is 0 Å². The van der Waals surface area contributed by atoms with Crippen molar-refractivity contribution < 1.29 is 4.79 Å². The summed E-state index contributed by atoms with van der Waals surface area (Å²) in [4.78, 5) is 21.9. The molecule has 2 aromatic rings. The van der Waals surface area contributed by atoms with E-state index in [2.05, 4.69) is 52.6 Å². The Morgan fingerprint density at radius 2 is 1.83 bits per heavy atom. The van der Waals surface area contributed by atoms with Crippen LogP contribution < -0.4 is 0 Å². The lowest BCUT2D eigenvalue weighted by atomic mass is 9.88. The fourth-order valence-corrected chi connectivity index (χ4v) is 5.48. The van der Waals surface area contributed by atoms with Gasteiger partial charge in [0.1, 0.15) is 5.91 Å². The summed E-state index contributed by atoms with van der Waals surface area (Å²) in [6.07, 6.45) is 4.90. The topological polar surface area (TPSA) is 35.9 Å². The molecule has 1 amide bonds. The third kappa shape index (κ3) is 3.87. The van der Waals surface area contributed by atoms with Gasteiger partial charge >= 0.3 is 0 Å². The predicted molar refractivity (Wildman–Crippen MR) is 118 cm³/mol. The third-order valence-corrected chi connectivity index (χ3v) is 7.12. The van der Waals surface area contributed by atoms with Gasteiger partial charge in [0, 0.05) is 47.5 Å². The number of amides is 1. The number of hydrogen-bond acceptors (Lipinski definition) is 4. The second kappa shape index (κ2) is 7.98. The van der Waals surface area contributed by atoms with E-state index in [1.165, 1.54) is 32.1 Å². The van der Waals surface area contributed by atoms with Gasteiger partial charge in [-0.2, -0.15) is 0 Å². The van der Waals surface area contributed by atoms with Crippen molar-refractivity contribution >= 4 is 41.2 Å². The zero-order valence-corrected chi connectivity index (χ0v) is 17.6. The Kier molecular flexibility index (Phi) is 5.20. The molecule has 0 aromatic heterocycles. The van der Waals surface area contributed by atoms with Gasteiger partial charge in [0.25, 0.3) is 0 Å².